The van der Waals surface area contributed by atoms with Crippen LogP contribution in [0.2, 0.25) is 0 Å². The monoisotopic (exact) mass is 340 g/mol. The highest BCUT2D eigenvalue weighted by atomic mass is 35.5. The Morgan fingerprint density at radius 1 is 1.08 bits per heavy atom. The molecule has 0 radical (unpaired) electrons. The second-order valence-corrected chi connectivity index (χ2v) is 6.42. The van der Waals surface area contributed by atoms with E-state index in [0.717, 1.165) is 16.9 Å². The van der Waals surface area contributed by atoms with Crippen LogP contribution in [-0.2, 0) is 16.8 Å². The van der Waals surface area contributed by atoms with E-state index in [4.69, 9.17) is 16.3 Å². The van der Waals surface area contributed by atoms with Crippen LogP contribution >= 0.6 is 11.6 Å². The Labute approximate surface area is 148 Å². The molecule has 24 heavy (non-hydrogen) atoms. The average Bonchev–Trinajstić information content (AvgIpc) is 2.58. The van der Waals surface area contributed by atoms with Gasteiger partial charge in [0.25, 0.3) is 0 Å². The maximum atomic E-state index is 10.7. The number of halogens is 1. The van der Waals surface area contributed by atoms with Gasteiger partial charge in [-0.15, -0.1) is 0 Å². The van der Waals surface area contributed by atoms with Gasteiger partial charge in [0.2, 0.25) is 5.24 Å². The van der Waals surface area contributed by atoms with E-state index >= 15 is 0 Å². The smallest absolute Gasteiger partial charge is 0.245 e. The molecule has 0 bridgehead atoms. The van der Waals surface area contributed by atoms with Crippen LogP contribution in [0, 0.1) is 0 Å². The van der Waals surface area contributed by atoms with E-state index in [1.807, 2.05) is 60.7 Å². The maximum Gasteiger partial charge on any atom is 0.245 e. The summed E-state index contributed by atoms with van der Waals surface area (Å²) in [5, 5.41) is -0.478. The summed E-state index contributed by atoms with van der Waals surface area (Å²) in [5.41, 5.74) is 2.08. The number of carbonyl (C=O) groups excluding carboxylic acids is 1. The molecule has 0 amide bonds. The number of allylic oxidation sites excluding steroid dienone is 4. The standard InChI is InChI=1S/C21H21ClO2/c1-21(2,14-7-6-13-20(22)23)18-11-8-12-19(15-18)24-16-17-9-4-3-5-10-17/h3-15H,16H2,1-2H3. The third-order valence-electron chi connectivity index (χ3n) is 3.68. The van der Waals surface area contributed by atoms with Gasteiger partial charge in [-0.05, 0) is 40.9 Å². The van der Waals surface area contributed by atoms with Crippen LogP contribution in [0.4, 0.5) is 0 Å². The van der Waals surface area contributed by atoms with Gasteiger partial charge < -0.3 is 4.74 Å². The highest BCUT2D eigenvalue weighted by Crippen LogP contribution is 2.28. The number of ether oxygens (including phenoxy) is 1. The van der Waals surface area contributed by atoms with E-state index in [-0.39, 0.29) is 5.41 Å². The van der Waals surface area contributed by atoms with Gasteiger partial charge in [0.05, 0.1) is 0 Å². The lowest BCUT2D eigenvalue weighted by Crippen LogP contribution is -2.13. The molecule has 0 unspecified atom stereocenters. The summed E-state index contributed by atoms with van der Waals surface area (Å²) in [6.45, 7) is 4.76. The summed E-state index contributed by atoms with van der Waals surface area (Å²) in [6, 6.07) is 18.1. The largest absolute Gasteiger partial charge is 0.489 e. The Bertz CT molecular complexity index is 731. The molecule has 124 valence electrons. The maximum absolute atomic E-state index is 10.7. The quantitative estimate of drug-likeness (QED) is 0.382. The molecule has 0 N–H and O–H groups in total. The molecule has 0 aromatic heterocycles. The predicted octanol–water partition coefficient (Wildman–Crippen LogP) is 5.42. The molecule has 0 atom stereocenters. The fourth-order valence-corrected chi connectivity index (χ4v) is 2.32. The molecule has 2 nitrogen and oxygen atoms in total. The van der Waals surface area contributed by atoms with Gasteiger partial charge in [0.1, 0.15) is 12.4 Å². The first kappa shape index (κ1) is 18.0. The number of hydrogen-bond acceptors (Lipinski definition) is 2. The molecule has 0 saturated heterocycles. The number of benzene rings is 2. The van der Waals surface area contributed by atoms with Crippen molar-refractivity contribution < 1.29 is 9.53 Å². The molecule has 2 rings (SSSR count). The van der Waals surface area contributed by atoms with Crippen LogP contribution < -0.4 is 4.74 Å². The zero-order valence-corrected chi connectivity index (χ0v) is 14.7. The van der Waals surface area contributed by atoms with Crippen LogP contribution in [-0.4, -0.2) is 5.24 Å². The first-order chi connectivity index (χ1) is 11.5. The Morgan fingerprint density at radius 3 is 2.54 bits per heavy atom. The zero-order valence-electron chi connectivity index (χ0n) is 13.9. The van der Waals surface area contributed by atoms with E-state index in [1.165, 1.54) is 6.08 Å². The van der Waals surface area contributed by atoms with E-state index in [9.17, 15) is 4.79 Å². The molecule has 0 heterocycles. The van der Waals surface area contributed by atoms with Crippen LogP contribution in [0.3, 0.4) is 0 Å². The molecule has 0 aliphatic rings. The fraction of sp³-hybridized carbons (Fsp3) is 0.190. The average molecular weight is 341 g/mol. The normalized spacial score (nSPS) is 12.0. The van der Waals surface area contributed by atoms with Crippen molar-refractivity contribution in [1.82, 2.24) is 0 Å². The second kappa shape index (κ2) is 8.51. The van der Waals surface area contributed by atoms with Crippen molar-refractivity contribution in [2.45, 2.75) is 25.9 Å². The topological polar surface area (TPSA) is 26.3 Å². The fourth-order valence-electron chi connectivity index (χ4n) is 2.25. The Hall–Kier alpha value is -2.32. The van der Waals surface area contributed by atoms with E-state index in [1.54, 1.807) is 6.08 Å². The van der Waals surface area contributed by atoms with Gasteiger partial charge in [-0.1, -0.05) is 74.5 Å². The van der Waals surface area contributed by atoms with Crippen molar-refractivity contribution in [1.29, 1.82) is 0 Å². The first-order valence-corrected chi connectivity index (χ1v) is 8.18. The summed E-state index contributed by atoms with van der Waals surface area (Å²) in [5.74, 6) is 0.837. The summed E-state index contributed by atoms with van der Waals surface area (Å²) in [4.78, 5) is 10.7. The van der Waals surface area contributed by atoms with Crippen molar-refractivity contribution in [3.05, 3.63) is 90.0 Å². The van der Waals surface area contributed by atoms with Crippen molar-refractivity contribution in [3.8, 4) is 5.75 Å². The van der Waals surface area contributed by atoms with Gasteiger partial charge in [-0.2, -0.15) is 0 Å². The highest BCUT2D eigenvalue weighted by molar-refractivity contribution is 6.66. The molecular weight excluding hydrogens is 320 g/mol. The highest BCUT2D eigenvalue weighted by Gasteiger charge is 2.17. The predicted molar refractivity (Wildman–Crippen MR) is 99.4 cm³/mol. The minimum Gasteiger partial charge on any atom is -0.489 e. The zero-order chi connectivity index (χ0) is 17.4. The summed E-state index contributed by atoms with van der Waals surface area (Å²) in [7, 11) is 0. The van der Waals surface area contributed by atoms with E-state index < -0.39 is 5.24 Å². The van der Waals surface area contributed by atoms with Crippen molar-refractivity contribution in [2.75, 3.05) is 0 Å². The molecule has 0 spiro atoms. The third kappa shape index (κ3) is 5.71. The van der Waals surface area contributed by atoms with Gasteiger partial charge in [-0.3, -0.25) is 4.79 Å². The summed E-state index contributed by atoms with van der Waals surface area (Å²) >= 11 is 5.27. The molecule has 3 heteroatoms. The van der Waals surface area contributed by atoms with Crippen molar-refractivity contribution in [2.24, 2.45) is 0 Å². The van der Waals surface area contributed by atoms with Gasteiger partial charge in [-0.25, -0.2) is 0 Å². The van der Waals surface area contributed by atoms with Gasteiger partial charge >= 0.3 is 0 Å². The molecule has 2 aromatic carbocycles. The lowest BCUT2D eigenvalue weighted by molar-refractivity contribution is -0.107. The van der Waals surface area contributed by atoms with Crippen LogP contribution in [0.25, 0.3) is 0 Å². The second-order valence-electron chi connectivity index (χ2n) is 6.05. The van der Waals surface area contributed by atoms with Crippen LogP contribution in [0.5, 0.6) is 5.75 Å². The SMILES string of the molecule is CC(C)(C=CC=CC(=O)Cl)c1cccc(OCc2ccccc2)c1. The van der Waals surface area contributed by atoms with E-state index in [0.29, 0.717) is 6.61 Å². The van der Waals surface area contributed by atoms with E-state index in [2.05, 4.69) is 19.9 Å². The van der Waals surface area contributed by atoms with Crippen LogP contribution in [0.15, 0.2) is 78.9 Å². The summed E-state index contributed by atoms with van der Waals surface area (Å²) < 4.78 is 5.88. The van der Waals surface area contributed by atoms with Crippen molar-refractivity contribution in [3.63, 3.8) is 0 Å². The molecule has 0 aliphatic carbocycles. The molecule has 0 saturated carbocycles. The Kier molecular flexibility index (Phi) is 6.39. The Morgan fingerprint density at radius 2 is 1.83 bits per heavy atom. The minimum absolute atomic E-state index is 0.189. The van der Waals surface area contributed by atoms with Crippen LogP contribution in [0.1, 0.15) is 25.0 Å². The number of rotatable bonds is 7. The lowest BCUT2D eigenvalue weighted by Gasteiger charge is -2.21. The minimum atomic E-state index is -0.478. The molecule has 0 aliphatic heterocycles. The Balaban J connectivity index is 2.06. The first-order valence-electron chi connectivity index (χ1n) is 7.80. The molecular formula is C21H21ClO2. The molecule has 2 aromatic rings. The number of carbonyl (C=O) groups is 1. The third-order valence-corrected chi connectivity index (χ3v) is 3.80. The number of hydrogen-bond donors (Lipinski definition) is 0. The summed E-state index contributed by atoms with van der Waals surface area (Å²) in [6.07, 6.45) is 6.83. The van der Waals surface area contributed by atoms with Gasteiger partial charge in [0, 0.05) is 5.41 Å². The van der Waals surface area contributed by atoms with Gasteiger partial charge in [0.15, 0.2) is 0 Å². The lowest BCUT2D eigenvalue weighted by atomic mass is 9.84. The van der Waals surface area contributed by atoms with Crippen molar-refractivity contribution >= 4 is 16.8 Å². The molecule has 0 fully saturated rings.